The van der Waals surface area contributed by atoms with Crippen molar-refractivity contribution < 1.29 is 38.1 Å². The molecule has 8 rings (SSSR count). The lowest BCUT2D eigenvalue weighted by molar-refractivity contribution is -0.137. The number of hydrogen-bond acceptors (Lipinski definition) is 10. The number of hydrogen-bond donors (Lipinski definition) is 4. The predicted octanol–water partition coefficient (Wildman–Crippen LogP) is 6.93. The number of nitrogens with zero attached hydrogens (tertiary/aromatic N) is 4. The van der Waals surface area contributed by atoms with Crippen molar-refractivity contribution in [3.63, 3.8) is 0 Å². The molecular formula is C46H54N8O8. The zero-order valence-corrected chi connectivity index (χ0v) is 35.9. The van der Waals surface area contributed by atoms with E-state index in [4.69, 9.17) is 28.9 Å². The number of imidazole rings is 2. The summed E-state index contributed by atoms with van der Waals surface area (Å²) in [7, 11) is 4.20. The number of rotatable bonds is 12. The highest BCUT2D eigenvalue weighted by molar-refractivity contribution is 6.07. The van der Waals surface area contributed by atoms with Crippen molar-refractivity contribution in [3.05, 3.63) is 78.5 Å². The van der Waals surface area contributed by atoms with E-state index < -0.39 is 24.3 Å². The second-order valence-electron chi connectivity index (χ2n) is 16.8. The van der Waals surface area contributed by atoms with E-state index in [0.717, 1.165) is 68.3 Å². The van der Waals surface area contributed by atoms with Gasteiger partial charge in [-0.2, -0.15) is 0 Å². The zero-order chi connectivity index (χ0) is 43.8. The number of methoxy groups -OCH3 is 3. The molecule has 0 radical (unpaired) electrons. The van der Waals surface area contributed by atoms with Crippen LogP contribution in [0.25, 0.3) is 44.2 Å². The second kappa shape index (κ2) is 17.5. The molecule has 2 aromatic heterocycles. The number of alkyl carbamates (subject to hydrolysis) is 2. The maximum Gasteiger partial charge on any atom is 0.407 e. The molecule has 3 aliphatic rings. The molecule has 0 spiro atoms. The first kappa shape index (κ1) is 42.3. The Morgan fingerprint density at radius 3 is 2.48 bits per heavy atom. The van der Waals surface area contributed by atoms with Crippen molar-refractivity contribution in [2.75, 3.05) is 34.5 Å². The van der Waals surface area contributed by atoms with E-state index in [1.54, 1.807) is 24.3 Å². The van der Waals surface area contributed by atoms with Crippen molar-refractivity contribution in [2.45, 2.75) is 83.3 Å². The number of fused-ring (bicyclic) bond motifs is 6. The lowest BCUT2D eigenvalue weighted by Crippen LogP contribution is -2.52. The van der Waals surface area contributed by atoms with Crippen LogP contribution in [0.4, 0.5) is 9.59 Å². The lowest BCUT2D eigenvalue weighted by atomic mass is 9.92. The minimum absolute atomic E-state index is 0.0321. The third kappa shape index (κ3) is 7.94. The lowest BCUT2D eigenvalue weighted by Gasteiger charge is -2.32. The highest BCUT2D eigenvalue weighted by Crippen LogP contribution is 2.44. The van der Waals surface area contributed by atoms with Crippen LogP contribution in [0.15, 0.2) is 61.3 Å². The van der Waals surface area contributed by atoms with Crippen LogP contribution in [0.1, 0.15) is 75.8 Å². The Labute approximate surface area is 359 Å². The van der Waals surface area contributed by atoms with E-state index >= 15 is 0 Å². The van der Waals surface area contributed by atoms with Gasteiger partial charge in [0.1, 0.15) is 36.1 Å². The number of amides is 4. The standard InChI is InChI=1S/C46H54N8O8/c1-8-9-34(50-45(57)60-6)43(55)53-21-26(22-59-5)16-37(53)41-47-20-35(49-41)28-11-13-30-29(17-28)23-62-38-19-31-27(18-32(30)38)12-14-33-40(31)51-42(48-33)36-15-10-25(4)54(36)44(56)39(24(2)3)52-46(58)61-7/h8,11-14,17-20,24-26,34,36-37,39H,1,9-10,15-16,21-23H2,2-7H3,(H,47,49)(H,48,51)(H,50,57)(H,52,58)/t25-,26-,34+,36-,37-,39-/m0/s1. The molecule has 0 saturated carbocycles. The minimum atomic E-state index is -0.826. The summed E-state index contributed by atoms with van der Waals surface area (Å²) in [6.07, 6.45) is 4.52. The number of carbonyl (C=O) groups excluding carboxylic acids is 4. The van der Waals surface area contributed by atoms with Gasteiger partial charge in [-0.1, -0.05) is 38.1 Å². The van der Waals surface area contributed by atoms with Crippen LogP contribution >= 0.6 is 0 Å². The van der Waals surface area contributed by atoms with E-state index in [1.807, 2.05) is 31.7 Å². The zero-order valence-electron chi connectivity index (χ0n) is 35.9. The number of benzene rings is 3. The van der Waals surface area contributed by atoms with Gasteiger partial charge in [0.25, 0.3) is 0 Å². The average molecular weight is 847 g/mol. The normalized spacial score (nSPS) is 20.4. The Kier molecular flexibility index (Phi) is 11.9. The number of aromatic amines is 2. The van der Waals surface area contributed by atoms with Gasteiger partial charge in [-0.3, -0.25) is 9.59 Å². The van der Waals surface area contributed by atoms with Gasteiger partial charge >= 0.3 is 12.2 Å². The molecule has 0 bridgehead atoms. The van der Waals surface area contributed by atoms with Crippen molar-refractivity contribution in [1.82, 2.24) is 40.4 Å². The molecule has 0 unspecified atom stereocenters. The molecule has 16 heteroatoms. The van der Waals surface area contributed by atoms with E-state index in [9.17, 15) is 19.2 Å². The molecule has 5 aromatic rings. The van der Waals surface area contributed by atoms with Gasteiger partial charge < -0.3 is 49.3 Å². The van der Waals surface area contributed by atoms with Gasteiger partial charge in [-0.15, -0.1) is 6.58 Å². The van der Waals surface area contributed by atoms with Gasteiger partial charge in [0.15, 0.2) is 0 Å². The third-order valence-electron chi connectivity index (χ3n) is 12.5. The summed E-state index contributed by atoms with van der Waals surface area (Å²) in [4.78, 5) is 72.6. The summed E-state index contributed by atoms with van der Waals surface area (Å²) in [6.45, 7) is 10.9. The molecule has 16 nitrogen and oxygen atoms in total. The van der Waals surface area contributed by atoms with E-state index in [1.165, 1.54) is 14.2 Å². The average Bonchev–Trinajstić information content (AvgIpc) is 4.10. The minimum Gasteiger partial charge on any atom is -0.488 e. The summed E-state index contributed by atoms with van der Waals surface area (Å²) in [5, 5.41) is 7.33. The molecule has 2 fully saturated rings. The van der Waals surface area contributed by atoms with Gasteiger partial charge in [0.2, 0.25) is 11.8 Å². The number of carbonyl (C=O) groups is 4. The summed E-state index contributed by atoms with van der Waals surface area (Å²) < 4.78 is 21.5. The van der Waals surface area contributed by atoms with Crippen molar-refractivity contribution in [2.24, 2.45) is 11.8 Å². The van der Waals surface area contributed by atoms with Crippen LogP contribution < -0.4 is 15.4 Å². The Morgan fingerprint density at radius 2 is 1.74 bits per heavy atom. The Balaban J connectivity index is 1.05. The Morgan fingerprint density at radius 1 is 0.952 bits per heavy atom. The topological polar surface area (TPSA) is 193 Å². The van der Waals surface area contributed by atoms with Crippen LogP contribution in [0.2, 0.25) is 0 Å². The molecule has 3 aliphatic heterocycles. The fraction of sp³-hybridized carbons (Fsp3) is 0.435. The van der Waals surface area contributed by atoms with Gasteiger partial charge in [0, 0.05) is 36.6 Å². The number of ether oxygens (including phenoxy) is 4. The van der Waals surface area contributed by atoms with E-state index in [2.05, 4.69) is 63.6 Å². The summed E-state index contributed by atoms with van der Waals surface area (Å²) in [6, 6.07) is 12.3. The SMILES string of the molecule is C=CC[C@@H](NC(=O)OC)C(=O)N1C[C@@H](COC)C[C@H]1c1ncc(-c2ccc3c(c2)COc2cc4c(ccc5[nH]c([C@@H]6CC[C@H](C)N6C(=O)[C@@H](NC(=O)OC)C(C)C)nc54)cc2-3)[nH]1. The Bertz CT molecular complexity index is 2530. The van der Waals surface area contributed by atoms with Crippen molar-refractivity contribution >= 4 is 45.8 Å². The predicted molar refractivity (Wildman–Crippen MR) is 232 cm³/mol. The summed E-state index contributed by atoms with van der Waals surface area (Å²) in [5.74, 6) is 1.67. The monoisotopic (exact) mass is 846 g/mol. The highest BCUT2D eigenvalue weighted by Gasteiger charge is 2.42. The molecule has 3 aromatic carbocycles. The second-order valence-corrected chi connectivity index (χ2v) is 16.8. The molecule has 6 atom stereocenters. The van der Waals surface area contributed by atoms with Crippen LogP contribution in [-0.2, 0) is 30.4 Å². The molecule has 0 aliphatic carbocycles. The third-order valence-corrected chi connectivity index (χ3v) is 12.5. The van der Waals surface area contributed by atoms with E-state index in [-0.39, 0.29) is 48.2 Å². The quantitative estimate of drug-likeness (QED) is 0.0957. The van der Waals surface area contributed by atoms with Gasteiger partial charge in [-0.25, -0.2) is 19.6 Å². The number of likely N-dealkylation sites (tertiary alicyclic amines) is 2. The molecule has 4 N–H and O–H groups in total. The highest BCUT2D eigenvalue weighted by atomic mass is 16.5. The van der Waals surface area contributed by atoms with Crippen molar-refractivity contribution in [3.8, 4) is 28.1 Å². The van der Waals surface area contributed by atoms with Crippen LogP contribution in [0.3, 0.4) is 0 Å². The fourth-order valence-corrected chi connectivity index (χ4v) is 9.34. The van der Waals surface area contributed by atoms with E-state index in [0.29, 0.717) is 37.8 Å². The Hall–Kier alpha value is -6.42. The number of H-pyrrole nitrogens is 2. The maximum atomic E-state index is 14.0. The number of nitrogens with one attached hydrogen (secondary N) is 4. The van der Waals surface area contributed by atoms with Gasteiger partial charge in [-0.05, 0) is 84.9 Å². The summed E-state index contributed by atoms with van der Waals surface area (Å²) in [5.41, 5.74) is 6.45. The van der Waals surface area contributed by atoms with Crippen LogP contribution in [0.5, 0.6) is 5.75 Å². The first-order valence-electron chi connectivity index (χ1n) is 21.1. The summed E-state index contributed by atoms with van der Waals surface area (Å²) >= 11 is 0. The van der Waals surface area contributed by atoms with Crippen LogP contribution in [0, 0.1) is 11.8 Å². The molecule has 326 valence electrons. The first-order valence-corrected chi connectivity index (χ1v) is 21.1. The molecule has 4 amide bonds. The van der Waals surface area contributed by atoms with Crippen LogP contribution in [-0.4, -0.2) is 106 Å². The maximum absolute atomic E-state index is 14.0. The fourth-order valence-electron chi connectivity index (χ4n) is 9.34. The smallest absolute Gasteiger partial charge is 0.407 e. The molecular weight excluding hydrogens is 793 g/mol. The number of aromatic nitrogens is 4. The molecule has 2 saturated heterocycles. The molecule has 5 heterocycles. The largest absolute Gasteiger partial charge is 0.488 e. The first-order chi connectivity index (χ1) is 29.9. The van der Waals surface area contributed by atoms with Gasteiger partial charge in [0.05, 0.1) is 55.8 Å². The van der Waals surface area contributed by atoms with Crippen molar-refractivity contribution in [1.29, 1.82) is 0 Å². The molecule has 62 heavy (non-hydrogen) atoms.